The van der Waals surface area contributed by atoms with Gasteiger partial charge in [0.2, 0.25) is 0 Å². The van der Waals surface area contributed by atoms with Crippen LogP contribution in [0.4, 0.5) is 0 Å². The number of hydrogen-bond acceptors (Lipinski definition) is 3. The minimum Gasteiger partial charge on any atom is -0.493 e. The van der Waals surface area contributed by atoms with Crippen molar-refractivity contribution < 1.29 is 14.6 Å². The van der Waals surface area contributed by atoms with Crippen LogP contribution in [-0.4, -0.2) is 22.7 Å². The summed E-state index contributed by atoms with van der Waals surface area (Å²) in [6.45, 7) is 0.605. The molecule has 0 amide bonds. The second-order valence-electron chi connectivity index (χ2n) is 4.38. The van der Waals surface area contributed by atoms with E-state index in [1.54, 1.807) is 6.20 Å². The number of nitrogens with zero attached hydrogens (tertiary/aromatic N) is 1. The van der Waals surface area contributed by atoms with Crippen LogP contribution in [0.3, 0.4) is 0 Å². The number of ether oxygens (including phenoxy) is 1. The van der Waals surface area contributed by atoms with E-state index in [2.05, 4.69) is 4.98 Å². The fraction of sp³-hybridized carbons (Fsp3) is 0.333. The van der Waals surface area contributed by atoms with Gasteiger partial charge in [0.25, 0.3) is 0 Å². The van der Waals surface area contributed by atoms with Crippen molar-refractivity contribution in [3.63, 3.8) is 0 Å². The maximum atomic E-state index is 10.4. The molecule has 0 bridgehead atoms. The number of aromatic nitrogens is 1. The lowest BCUT2D eigenvalue weighted by atomic mass is 10.2. The Balaban J connectivity index is 1.83. The molecule has 4 nitrogen and oxygen atoms in total. The summed E-state index contributed by atoms with van der Waals surface area (Å²) in [5, 5.41) is 9.54. The van der Waals surface area contributed by atoms with Crippen molar-refractivity contribution in [2.45, 2.75) is 25.7 Å². The fourth-order valence-corrected chi connectivity index (χ4v) is 1.93. The molecule has 0 radical (unpaired) electrons. The molecule has 2 rings (SSSR count). The second kappa shape index (κ2) is 6.73. The van der Waals surface area contributed by atoms with Crippen LogP contribution in [0, 0.1) is 0 Å². The number of carbonyl (C=O) groups is 1. The van der Waals surface area contributed by atoms with Crippen molar-refractivity contribution in [3.05, 3.63) is 36.5 Å². The Bertz CT molecular complexity index is 549. The fourth-order valence-electron chi connectivity index (χ4n) is 1.93. The molecular weight excluding hydrogens is 242 g/mol. The molecule has 1 aromatic heterocycles. The molecule has 19 heavy (non-hydrogen) atoms. The summed E-state index contributed by atoms with van der Waals surface area (Å²) in [6, 6.07) is 9.71. The average molecular weight is 259 g/mol. The number of unbranched alkanes of at least 4 members (excludes halogenated alkanes) is 2. The number of hydrogen-bond donors (Lipinski definition) is 1. The van der Waals surface area contributed by atoms with Crippen LogP contribution in [0.1, 0.15) is 25.7 Å². The van der Waals surface area contributed by atoms with Crippen LogP contribution in [0.2, 0.25) is 0 Å². The minimum atomic E-state index is -0.735. The third-order valence-electron chi connectivity index (χ3n) is 2.90. The number of fused-ring (bicyclic) bond motifs is 1. The van der Waals surface area contributed by atoms with E-state index in [0.717, 1.165) is 29.5 Å². The standard InChI is InChI=1S/C15H17NO3/c17-15(18)8-2-1-5-11-19-14-9-10-16-13-7-4-3-6-12(13)14/h3-4,6-7,9-10H,1-2,5,8,11H2,(H,17,18). The van der Waals surface area contributed by atoms with Crippen LogP contribution in [-0.2, 0) is 4.79 Å². The Labute approximate surface area is 112 Å². The predicted molar refractivity (Wildman–Crippen MR) is 73.3 cm³/mol. The van der Waals surface area contributed by atoms with Crippen molar-refractivity contribution in [1.82, 2.24) is 4.98 Å². The van der Waals surface area contributed by atoms with E-state index < -0.39 is 5.97 Å². The minimum absolute atomic E-state index is 0.234. The number of benzene rings is 1. The van der Waals surface area contributed by atoms with Crippen molar-refractivity contribution in [2.24, 2.45) is 0 Å². The molecule has 1 aromatic carbocycles. The zero-order chi connectivity index (χ0) is 13.5. The Morgan fingerprint density at radius 3 is 2.84 bits per heavy atom. The molecule has 0 aliphatic rings. The molecule has 0 spiro atoms. The summed E-state index contributed by atoms with van der Waals surface area (Å²) in [5.74, 6) is 0.102. The summed E-state index contributed by atoms with van der Waals surface area (Å²) in [6.07, 6.45) is 4.41. The highest BCUT2D eigenvalue weighted by Crippen LogP contribution is 2.23. The van der Waals surface area contributed by atoms with Crippen molar-refractivity contribution in [2.75, 3.05) is 6.61 Å². The maximum Gasteiger partial charge on any atom is 0.303 e. The molecule has 4 heteroatoms. The molecule has 2 aromatic rings. The second-order valence-corrected chi connectivity index (χ2v) is 4.38. The van der Waals surface area contributed by atoms with E-state index in [4.69, 9.17) is 9.84 Å². The molecule has 1 N–H and O–H groups in total. The highest BCUT2D eigenvalue weighted by Gasteiger charge is 2.02. The van der Waals surface area contributed by atoms with Crippen LogP contribution in [0.25, 0.3) is 10.9 Å². The number of para-hydroxylation sites is 1. The maximum absolute atomic E-state index is 10.4. The van der Waals surface area contributed by atoms with Gasteiger partial charge in [-0.1, -0.05) is 12.1 Å². The number of pyridine rings is 1. The lowest BCUT2D eigenvalue weighted by Crippen LogP contribution is -1.99. The zero-order valence-corrected chi connectivity index (χ0v) is 10.7. The number of rotatable bonds is 7. The third kappa shape index (κ3) is 3.95. The molecule has 0 saturated carbocycles. The first-order valence-corrected chi connectivity index (χ1v) is 6.46. The molecule has 0 atom stereocenters. The van der Waals surface area contributed by atoms with Crippen LogP contribution >= 0.6 is 0 Å². The Morgan fingerprint density at radius 1 is 1.16 bits per heavy atom. The van der Waals surface area contributed by atoms with Crippen molar-refractivity contribution in [1.29, 1.82) is 0 Å². The highest BCUT2D eigenvalue weighted by molar-refractivity contribution is 5.84. The first kappa shape index (κ1) is 13.3. The highest BCUT2D eigenvalue weighted by atomic mass is 16.5. The van der Waals surface area contributed by atoms with Gasteiger partial charge in [0.1, 0.15) is 5.75 Å². The first-order chi connectivity index (χ1) is 9.27. The van der Waals surface area contributed by atoms with Gasteiger partial charge in [0.15, 0.2) is 0 Å². The third-order valence-corrected chi connectivity index (χ3v) is 2.90. The molecular formula is C15H17NO3. The van der Waals surface area contributed by atoms with E-state index in [-0.39, 0.29) is 6.42 Å². The van der Waals surface area contributed by atoms with Gasteiger partial charge in [0.05, 0.1) is 12.1 Å². The summed E-state index contributed by atoms with van der Waals surface area (Å²) >= 11 is 0. The van der Waals surface area contributed by atoms with Gasteiger partial charge in [-0.2, -0.15) is 0 Å². The summed E-state index contributed by atoms with van der Waals surface area (Å²) in [4.78, 5) is 14.6. The summed E-state index contributed by atoms with van der Waals surface area (Å²) < 4.78 is 5.74. The number of aliphatic carboxylic acids is 1. The molecule has 100 valence electrons. The number of carboxylic acid groups (broad SMARTS) is 1. The van der Waals surface area contributed by atoms with Crippen molar-refractivity contribution in [3.8, 4) is 5.75 Å². The quantitative estimate of drug-likeness (QED) is 0.775. The van der Waals surface area contributed by atoms with E-state index in [9.17, 15) is 4.79 Å². The molecule has 0 saturated heterocycles. The zero-order valence-electron chi connectivity index (χ0n) is 10.7. The van der Waals surface area contributed by atoms with Crippen LogP contribution in [0.5, 0.6) is 5.75 Å². The van der Waals surface area contributed by atoms with Gasteiger partial charge in [-0.3, -0.25) is 9.78 Å². The topological polar surface area (TPSA) is 59.4 Å². The smallest absolute Gasteiger partial charge is 0.303 e. The van der Waals surface area contributed by atoms with Gasteiger partial charge in [-0.05, 0) is 37.5 Å². The average Bonchev–Trinajstić information content (AvgIpc) is 2.42. The van der Waals surface area contributed by atoms with E-state index in [1.807, 2.05) is 30.3 Å². The number of carboxylic acids is 1. The largest absolute Gasteiger partial charge is 0.493 e. The first-order valence-electron chi connectivity index (χ1n) is 6.46. The monoisotopic (exact) mass is 259 g/mol. The van der Waals surface area contributed by atoms with E-state index in [0.29, 0.717) is 13.0 Å². The predicted octanol–water partition coefficient (Wildman–Crippen LogP) is 3.26. The lowest BCUT2D eigenvalue weighted by molar-refractivity contribution is -0.137. The van der Waals surface area contributed by atoms with Crippen molar-refractivity contribution >= 4 is 16.9 Å². The van der Waals surface area contributed by atoms with Gasteiger partial charge >= 0.3 is 5.97 Å². The summed E-state index contributed by atoms with van der Waals surface area (Å²) in [7, 11) is 0. The normalized spacial score (nSPS) is 10.5. The van der Waals surface area contributed by atoms with Gasteiger partial charge in [0, 0.05) is 18.0 Å². The molecule has 0 fully saturated rings. The Morgan fingerprint density at radius 2 is 2.00 bits per heavy atom. The SMILES string of the molecule is O=C(O)CCCCCOc1ccnc2ccccc12. The molecule has 1 heterocycles. The van der Waals surface area contributed by atoms with Gasteiger partial charge < -0.3 is 9.84 Å². The van der Waals surface area contributed by atoms with Crippen LogP contribution < -0.4 is 4.74 Å². The Kier molecular flexibility index (Phi) is 4.72. The Hall–Kier alpha value is -2.10. The summed E-state index contributed by atoms with van der Waals surface area (Å²) in [5.41, 5.74) is 0.922. The van der Waals surface area contributed by atoms with Crippen LogP contribution in [0.15, 0.2) is 36.5 Å². The van der Waals surface area contributed by atoms with Gasteiger partial charge in [-0.25, -0.2) is 0 Å². The molecule has 0 aliphatic heterocycles. The van der Waals surface area contributed by atoms with E-state index >= 15 is 0 Å². The van der Waals surface area contributed by atoms with Gasteiger partial charge in [-0.15, -0.1) is 0 Å². The molecule has 0 aliphatic carbocycles. The molecule has 0 unspecified atom stereocenters. The van der Waals surface area contributed by atoms with E-state index in [1.165, 1.54) is 0 Å². The lowest BCUT2D eigenvalue weighted by Gasteiger charge is -2.08.